The van der Waals surface area contributed by atoms with E-state index in [1.54, 1.807) is 18.9 Å². The van der Waals surface area contributed by atoms with Crippen molar-refractivity contribution >= 4 is 5.91 Å². The molecule has 0 atom stereocenters. The lowest BCUT2D eigenvalue weighted by molar-refractivity contribution is 0.0660. The lowest BCUT2D eigenvalue weighted by atomic mass is 10.0. The highest BCUT2D eigenvalue weighted by Gasteiger charge is 2.29. The van der Waals surface area contributed by atoms with E-state index in [1.165, 1.54) is 0 Å². The highest BCUT2D eigenvalue weighted by molar-refractivity contribution is 6.00. The minimum atomic E-state index is -0.0402. The number of nitrogens with zero attached hydrogens (tertiary/aromatic N) is 4. The number of para-hydroxylation sites is 1. The van der Waals surface area contributed by atoms with E-state index >= 15 is 0 Å². The van der Waals surface area contributed by atoms with Crippen LogP contribution in [0.25, 0.3) is 16.9 Å². The fraction of sp³-hybridized carbons (Fsp3) is 0.360. The zero-order valence-corrected chi connectivity index (χ0v) is 19.1. The third-order valence-electron chi connectivity index (χ3n) is 6.18. The number of ether oxygens (including phenoxy) is 2. The van der Waals surface area contributed by atoms with Crippen LogP contribution in [0, 0.1) is 0 Å². The van der Waals surface area contributed by atoms with Gasteiger partial charge in [0.2, 0.25) is 0 Å². The van der Waals surface area contributed by atoms with Gasteiger partial charge < -0.3 is 19.3 Å². The number of piperidine rings is 1. The Hall–Kier alpha value is -3.32. The average molecular weight is 435 g/mol. The molecule has 1 saturated heterocycles. The normalized spacial score (nSPS) is 14.9. The Labute approximate surface area is 189 Å². The van der Waals surface area contributed by atoms with Crippen LogP contribution in [-0.2, 0) is 0 Å². The molecule has 1 aliphatic rings. The Bertz CT molecular complexity index is 1070. The number of amides is 1. The molecular formula is C25H30N4O3. The van der Waals surface area contributed by atoms with Gasteiger partial charge in [-0.25, -0.2) is 4.68 Å². The number of methoxy groups -OCH3 is 2. The van der Waals surface area contributed by atoms with Gasteiger partial charge in [-0.1, -0.05) is 18.2 Å². The predicted molar refractivity (Wildman–Crippen MR) is 125 cm³/mol. The number of hydrogen-bond acceptors (Lipinski definition) is 5. The first-order chi connectivity index (χ1) is 15.5. The summed E-state index contributed by atoms with van der Waals surface area (Å²) in [6.07, 6.45) is 3.74. The molecule has 3 aromatic rings. The van der Waals surface area contributed by atoms with E-state index < -0.39 is 0 Å². The summed E-state index contributed by atoms with van der Waals surface area (Å²) < 4.78 is 12.8. The van der Waals surface area contributed by atoms with Crippen LogP contribution in [0.2, 0.25) is 0 Å². The Morgan fingerprint density at radius 3 is 2.44 bits per heavy atom. The van der Waals surface area contributed by atoms with Crippen molar-refractivity contribution in [3.05, 3.63) is 60.3 Å². The molecule has 1 fully saturated rings. The van der Waals surface area contributed by atoms with Gasteiger partial charge >= 0.3 is 0 Å². The Morgan fingerprint density at radius 1 is 1.06 bits per heavy atom. The molecule has 2 heterocycles. The third-order valence-corrected chi connectivity index (χ3v) is 6.18. The zero-order chi connectivity index (χ0) is 22.7. The summed E-state index contributed by atoms with van der Waals surface area (Å²) in [6.45, 7) is 1.98. The molecule has 7 heteroatoms. The number of likely N-dealkylation sites (tertiary alicyclic amines) is 1. The average Bonchev–Trinajstić information content (AvgIpc) is 3.29. The minimum Gasteiger partial charge on any atom is -0.497 e. The molecule has 0 radical (unpaired) electrons. The molecule has 0 aliphatic carbocycles. The van der Waals surface area contributed by atoms with E-state index in [-0.39, 0.29) is 11.9 Å². The van der Waals surface area contributed by atoms with Gasteiger partial charge in [-0.05, 0) is 63.3 Å². The number of carbonyl (C=O) groups excluding carboxylic acids is 1. The second kappa shape index (κ2) is 9.44. The standard InChI is InChI=1S/C25H30N4O3/c1-27-14-12-18(13-15-27)28(2)25(30)22-17-29(19-8-6-5-7-9-19)26-24(22)21-16-20(31-3)10-11-23(21)32-4/h5-11,16-18H,12-15H2,1-4H3. The number of carbonyl (C=O) groups is 1. The van der Waals surface area contributed by atoms with Crippen molar-refractivity contribution in [3.63, 3.8) is 0 Å². The monoisotopic (exact) mass is 434 g/mol. The van der Waals surface area contributed by atoms with E-state index in [2.05, 4.69) is 11.9 Å². The summed E-state index contributed by atoms with van der Waals surface area (Å²) in [5.41, 5.74) is 2.73. The van der Waals surface area contributed by atoms with E-state index in [0.29, 0.717) is 22.8 Å². The van der Waals surface area contributed by atoms with Gasteiger partial charge in [0.15, 0.2) is 0 Å². The molecule has 0 unspecified atom stereocenters. The van der Waals surface area contributed by atoms with Gasteiger partial charge in [0.25, 0.3) is 5.91 Å². The van der Waals surface area contributed by atoms with Crippen molar-refractivity contribution in [2.24, 2.45) is 0 Å². The van der Waals surface area contributed by atoms with Crippen LogP contribution in [0.5, 0.6) is 11.5 Å². The molecule has 0 spiro atoms. The van der Waals surface area contributed by atoms with Gasteiger partial charge in [0, 0.05) is 24.8 Å². The summed E-state index contributed by atoms with van der Waals surface area (Å²) in [5, 5.41) is 4.82. The first kappa shape index (κ1) is 21.9. The van der Waals surface area contributed by atoms with Gasteiger partial charge in [-0.15, -0.1) is 0 Å². The van der Waals surface area contributed by atoms with Crippen LogP contribution in [0.15, 0.2) is 54.7 Å². The van der Waals surface area contributed by atoms with Crippen molar-refractivity contribution in [3.8, 4) is 28.4 Å². The first-order valence-electron chi connectivity index (χ1n) is 10.8. The smallest absolute Gasteiger partial charge is 0.257 e. The van der Waals surface area contributed by atoms with Gasteiger partial charge in [-0.3, -0.25) is 4.79 Å². The van der Waals surface area contributed by atoms with Crippen LogP contribution >= 0.6 is 0 Å². The Balaban J connectivity index is 1.79. The lowest BCUT2D eigenvalue weighted by Gasteiger charge is -2.35. The minimum absolute atomic E-state index is 0.0402. The molecule has 1 aromatic heterocycles. The summed E-state index contributed by atoms with van der Waals surface area (Å²) in [5.74, 6) is 1.28. The predicted octanol–water partition coefficient (Wildman–Crippen LogP) is 3.72. The highest BCUT2D eigenvalue weighted by atomic mass is 16.5. The molecule has 4 rings (SSSR count). The SMILES string of the molecule is COc1ccc(OC)c(-c2nn(-c3ccccc3)cc2C(=O)N(C)C2CCN(C)CC2)c1. The molecule has 1 aliphatic heterocycles. The fourth-order valence-electron chi connectivity index (χ4n) is 4.18. The zero-order valence-electron chi connectivity index (χ0n) is 19.1. The van der Waals surface area contributed by atoms with Crippen LogP contribution in [-0.4, -0.2) is 72.9 Å². The Kier molecular flexibility index (Phi) is 6.46. The Morgan fingerprint density at radius 2 is 1.78 bits per heavy atom. The van der Waals surface area contributed by atoms with Gasteiger partial charge in [-0.2, -0.15) is 5.10 Å². The van der Waals surface area contributed by atoms with Gasteiger partial charge in [0.1, 0.15) is 17.2 Å². The van der Waals surface area contributed by atoms with E-state index in [9.17, 15) is 4.79 Å². The molecule has 32 heavy (non-hydrogen) atoms. The maximum absolute atomic E-state index is 13.7. The van der Waals surface area contributed by atoms with Crippen molar-refractivity contribution in [2.75, 3.05) is 41.4 Å². The highest BCUT2D eigenvalue weighted by Crippen LogP contribution is 2.35. The van der Waals surface area contributed by atoms with Crippen LogP contribution in [0.3, 0.4) is 0 Å². The number of hydrogen-bond donors (Lipinski definition) is 0. The van der Waals surface area contributed by atoms with Crippen molar-refractivity contribution < 1.29 is 14.3 Å². The molecule has 7 nitrogen and oxygen atoms in total. The molecule has 2 aromatic carbocycles. The van der Waals surface area contributed by atoms with Crippen molar-refractivity contribution in [1.82, 2.24) is 19.6 Å². The molecule has 1 amide bonds. The second-order valence-corrected chi connectivity index (χ2v) is 8.19. The quantitative estimate of drug-likeness (QED) is 0.592. The molecular weight excluding hydrogens is 404 g/mol. The van der Waals surface area contributed by atoms with Crippen LogP contribution in [0.4, 0.5) is 0 Å². The topological polar surface area (TPSA) is 59.8 Å². The summed E-state index contributed by atoms with van der Waals surface area (Å²) in [7, 11) is 7.25. The number of benzene rings is 2. The number of aromatic nitrogens is 2. The summed E-state index contributed by atoms with van der Waals surface area (Å²) in [6, 6.07) is 15.5. The van der Waals surface area contributed by atoms with Crippen molar-refractivity contribution in [2.45, 2.75) is 18.9 Å². The molecule has 0 saturated carbocycles. The van der Waals surface area contributed by atoms with Gasteiger partial charge in [0.05, 0.1) is 25.5 Å². The van der Waals surface area contributed by atoms with Crippen LogP contribution < -0.4 is 9.47 Å². The van der Waals surface area contributed by atoms with E-state index in [1.807, 2.05) is 66.7 Å². The van der Waals surface area contributed by atoms with E-state index in [4.69, 9.17) is 14.6 Å². The van der Waals surface area contributed by atoms with E-state index in [0.717, 1.165) is 37.2 Å². The lowest BCUT2D eigenvalue weighted by Crippen LogP contribution is -2.44. The largest absolute Gasteiger partial charge is 0.497 e. The fourth-order valence-corrected chi connectivity index (χ4v) is 4.18. The second-order valence-electron chi connectivity index (χ2n) is 8.19. The first-order valence-corrected chi connectivity index (χ1v) is 10.8. The third kappa shape index (κ3) is 4.34. The summed E-state index contributed by atoms with van der Waals surface area (Å²) >= 11 is 0. The molecule has 0 bridgehead atoms. The molecule has 168 valence electrons. The van der Waals surface area contributed by atoms with Crippen LogP contribution in [0.1, 0.15) is 23.2 Å². The molecule has 0 N–H and O–H groups in total. The maximum Gasteiger partial charge on any atom is 0.257 e. The summed E-state index contributed by atoms with van der Waals surface area (Å²) in [4.78, 5) is 17.9. The number of rotatable bonds is 6. The van der Waals surface area contributed by atoms with Crippen molar-refractivity contribution in [1.29, 1.82) is 0 Å². The maximum atomic E-state index is 13.7.